The SMILES string of the molecule is CNC1CCN(S(=O)(=O)c2c(C)n(C)c3ccccc23)CC1. The lowest BCUT2D eigenvalue weighted by atomic mass is 10.1. The van der Waals surface area contributed by atoms with Crippen LogP contribution < -0.4 is 5.32 Å². The van der Waals surface area contributed by atoms with Crippen LogP contribution in [0.5, 0.6) is 0 Å². The number of rotatable bonds is 3. The molecule has 0 aliphatic carbocycles. The van der Waals surface area contributed by atoms with E-state index < -0.39 is 10.0 Å². The summed E-state index contributed by atoms with van der Waals surface area (Å²) in [6.45, 7) is 3.04. The van der Waals surface area contributed by atoms with Gasteiger partial charge in [0.1, 0.15) is 4.90 Å². The molecule has 0 saturated carbocycles. The smallest absolute Gasteiger partial charge is 0.245 e. The van der Waals surface area contributed by atoms with Crippen molar-refractivity contribution in [3.8, 4) is 0 Å². The minimum atomic E-state index is -3.45. The molecule has 5 nitrogen and oxygen atoms in total. The summed E-state index contributed by atoms with van der Waals surface area (Å²) in [6, 6.07) is 8.12. The number of fused-ring (bicyclic) bond motifs is 1. The van der Waals surface area contributed by atoms with E-state index >= 15 is 0 Å². The molecule has 2 aromatic rings. The summed E-state index contributed by atoms with van der Waals surface area (Å²) in [6.07, 6.45) is 1.72. The average molecular weight is 321 g/mol. The molecule has 1 aromatic heterocycles. The van der Waals surface area contributed by atoms with Gasteiger partial charge in [0.15, 0.2) is 0 Å². The Labute approximate surface area is 132 Å². The van der Waals surface area contributed by atoms with Crippen LogP contribution in [0.3, 0.4) is 0 Å². The Morgan fingerprint density at radius 2 is 1.82 bits per heavy atom. The van der Waals surface area contributed by atoms with E-state index in [1.54, 1.807) is 4.31 Å². The average Bonchev–Trinajstić information content (AvgIpc) is 2.80. The van der Waals surface area contributed by atoms with Gasteiger partial charge in [-0.1, -0.05) is 18.2 Å². The Morgan fingerprint density at radius 1 is 1.18 bits per heavy atom. The summed E-state index contributed by atoms with van der Waals surface area (Å²) < 4.78 is 29.8. The minimum absolute atomic E-state index is 0.417. The minimum Gasteiger partial charge on any atom is -0.347 e. The highest BCUT2D eigenvalue weighted by Crippen LogP contribution is 2.32. The van der Waals surface area contributed by atoms with E-state index in [9.17, 15) is 8.42 Å². The first-order chi connectivity index (χ1) is 10.5. The summed E-state index contributed by atoms with van der Waals surface area (Å²) in [7, 11) is 0.409. The molecule has 0 radical (unpaired) electrons. The fourth-order valence-corrected chi connectivity index (χ4v) is 5.24. The maximum Gasteiger partial charge on any atom is 0.245 e. The molecule has 0 unspecified atom stereocenters. The van der Waals surface area contributed by atoms with Crippen molar-refractivity contribution in [2.75, 3.05) is 20.1 Å². The van der Waals surface area contributed by atoms with Crippen LogP contribution in [0.2, 0.25) is 0 Å². The van der Waals surface area contributed by atoms with Gasteiger partial charge >= 0.3 is 0 Å². The highest BCUT2D eigenvalue weighted by molar-refractivity contribution is 7.89. The lowest BCUT2D eigenvalue weighted by Gasteiger charge is -2.31. The number of benzene rings is 1. The van der Waals surface area contributed by atoms with Crippen molar-refractivity contribution in [3.05, 3.63) is 30.0 Å². The molecule has 1 saturated heterocycles. The highest BCUT2D eigenvalue weighted by atomic mass is 32.2. The number of nitrogens with zero attached hydrogens (tertiary/aromatic N) is 2. The highest BCUT2D eigenvalue weighted by Gasteiger charge is 2.32. The van der Waals surface area contributed by atoms with Gasteiger partial charge in [-0.05, 0) is 32.9 Å². The van der Waals surface area contributed by atoms with Crippen molar-refractivity contribution in [1.29, 1.82) is 0 Å². The maximum absolute atomic E-state index is 13.1. The normalized spacial score (nSPS) is 18.1. The van der Waals surface area contributed by atoms with Crippen molar-refractivity contribution < 1.29 is 8.42 Å². The summed E-state index contributed by atoms with van der Waals surface area (Å²) in [5.41, 5.74) is 1.76. The summed E-state index contributed by atoms with van der Waals surface area (Å²) in [5.74, 6) is 0. The van der Waals surface area contributed by atoms with Gasteiger partial charge in [0.25, 0.3) is 0 Å². The number of para-hydroxylation sites is 1. The Kier molecular flexibility index (Phi) is 4.01. The van der Waals surface area contributed by atoms with Crippen LogP contribution in [-0.4, -0.2) is 43.5 Å². The van der Waals surface area contributed by atoms with Crippen LogP contribution >= 0.6 is 0 Å². The monoisotopic (exact) mass is 321 g/mol. The molecule has 0 amide bonds. The van der Waals surface area contributed by atoms with Crippen LogP contribution in [0, 0.1) is 6.92 Å². The van der Waals surface area contributed by atoms with E-state index in [4.69, 9.17) is 0 Å². The van der Waals surface area contributed by atoms with E-state index in [1.165, 1.54) is 0 Å². The topological polar surface area (TPSA) is 54.3 Å². The number of hydrogen-bond acceptors (Lipinski definition) is 3. The second-order valence-corrected chi connectivity index (χ2v) is 7.83. The number of sulfonamides is 1. The third kappa shape index (κ3) is 2.35. The first kappa shape index (κ1) is 15.5. The van der Waals surface area contributed by atoms with Crippen molar-refractivity contribution >= 4 is 20.9 Å². The van der Waals surface area contributed by atoms with E-state index in [0.29, 0.717) is 24.0 Å². The van der Waals surface area contributed by atoms with Gasteiger partial charge in [0, 0.05) is 42.8 Å². The second kappa shape index (κ2) is 5.68. The molecule has 1 N–H and O–H groups in total. The molecular weight excluding hydrogens is 298 g/mol. The van der Waals surface area contributed by atoms with Gasteiger partial charge in [-0.2, -0.15) is 4.31 Å². The lowest BCUT2D eigenvalue weighted by molar-refractivity contribution is 0.298. The zero-order valence-corrected chi connectivity index (χ0v) is 14.2. The molecule has 22 heavy (non-hydrogen) atoms. The zero-order valence-electron chi connectivity index (χ0n) is 13.3. The number of hydrogen-bond donors (Lipinski definition) is 1. The Balaban J connectivity index is 2.05. The van der Waals surface area contributed by atoms with E-state index in [-0.39, 0.29) is 0 Å². The van der Waals surface area contributed by atoms with Gasteiger partial charge < -0.3 is 9.88 Å². The fourth-order valence-electron chi connectivity index (χ4n) is 3.33. The molecule has 1 aromatic carbocycles. The Morgan fingerprint density at radius 3 is 2.45 bits per heavy atom. The number of aromatic nitrogens is 1. The fraction of sp³-hybridized carbons (Fsp3) is 0.500. The largest absolute Gasteiger partial charge is 0.347 e. The van der Waals surface area contributed by atoms with Gasteiger partial charge in [-0.3, -0.25) is 0 Å². The molecule has 120 valence electrons. The van der Waals surface area contributed by atoms with Gasteiger partial charge in [0.05, 0.1) is 0 Å². The molecule has 2 heterocycles. The molecule has 0 bridgehead atoms. The lowest BCUT2D eigenvalue weighted by Crippen LogP contribution is -2.44. The second-order valence-electron chi connectivity index (χ2n) is 5.96. The van der Waals surface area contributed by atoms with Crippen LogP contribution in [0.4, 0.5) is 0 Å². The first-order valence-electron chi connectivity index (χ1n) is 7.68. The Bertz CT molecular complexity index is 787. The van der Waals surface area contributed by atoms with Crippen LogP contribution in [0.1, 0.15) is 18.5 Å². The number of nitrogens with one attached hydrogen (secondary N) is 1. The Hall–Kier alpha value is -1.37. The van der Waals surface area contributed by atoms with E-state index in [1.807, 2.05) is 49.9 Å². The third-order valence-corrected chi connectivity index (χ3v) is 6.88. The van der Waals surface area contributed by atoms with Crippen molar-refractivity contribution in [2.24, 2.45) is 7.05 Å². The maximum atomic E-state index is 13.1. The molecule has 1 aliphatic heterocycles. The quantitative estimate of drug-likeness (QED) is 0.939. The molecule has 1 aliphatic rings. The number of aryl methyl sites for hydroxylation is 1. The van der Waals surface area contributed by atoms with Gasteiger partial charge in [-0.25, -0.2) is 8.42 Å². The van der Waals surface area contributed by atoms with Gasteiger partial charge in [-0.15, -0.1) is 0 Å². The third-order valence-electron chi connectivity index (χ3n) is 4.80. The predicted octanol–water partition coefficient (Wildman–Crippen LogP) is 1.86. The zero-order chi connectivity index (χ0) is 15.9. The molecule has 1 fully saturated rings. The van der Waals surface area contributed by atoms with E-state index in [0.717, 1.165) is 29.4 Å². The van der Waals surface area contributed by atoms with Crippen LogP contribution in [-0.2, 0) is 17.1 Å². The number of piperidine rings is 1. The van der Waals surface area contributed by atoms with E-state index in [2.05, 4.69) is 5.32 Å². The molecular formula is C16H23N3O2S. The van der Waals surface area contributed by atoms with Crippen molar-refractivity contribution in [2.45, 2.75) is 30.7 Å². The summed E-state index contributed by atoms with van der Waals surface area (Å²) in [5, 5.41) is 4.05. The van der Waals surface area contributed by atoms with Crippen molar-refractivity contribution in [3.63, 3.8) is 0 Å². The van der Waals surface area contributed by atoms with Crippen LogP contribution in [0.15, 0.2) is 29.2 Å². The summed E-state index contributed by atoms with van der Waals surface area (Å²) in [4.78, 5) is 0.466. The predicted molar refractivity (Wildman–Crippen MR) is 88.5 cm³/mol. The molecule has 6 heteroatoms. The van der Waals surface area contributed by atoms with Crippen LogP contribution in [0.25, 0.3) is 10.9 Å². The van der Waals surface area contributed by atoms with Gasteiger partial charge in [0.2, 0.25) is 10.0 Å². The summed E-state index contributed by atoms with van der Waals surface area (Å²) >= 11 is 0. The molecule has 0 spiro atoms. The standard InChI is InChI=1S/C16H23N3O2S/c1-12-16(14-6-4-5-7-15(14)18(12)3)22(20,21)19-10-8-13(17-2)9-11-19/h4-7,13,17H,8-11H2,1-3H3. The molecule has 3 rings (SSSR count). The molecule has 0 atom stereocenters. The first-order valence-corrected chi connectivity index (χ1v) is 9.12. The van der Waals surface area contributed by atoms with Crippen molar-refractivity contribution in [1.82, 2.24) is 14.2 Å².